The molecule has 0 spiro atoms. The Kier molecular flexibility index (Phi) is 6.50. The van der Waals surface area contributed by atoms with Crippen molar-refractivity contribution in [1.82, 2.24) is 9.97 Å². The van der Waals surface area contributed by atoms with Crippen molar-refractivity contribution >= 4 is 33.9 Å². The van der Waals surface area contributed by atoms with Gasteiger partial charge in [0.05, 0.1) is 5.69 Å². The zero-order valence-electron chi connectivity index (χ0n) is 18.9. The van der Waals surface area contributed by atoms with E-state index in [0.717, 1.165) is 38.8 Å². The quantitative estimate of drug-likeness (QED) is 0.264. The topological polar surface area (TPSA) is 76.1 Å². The molecule has 0 atom stereocenters. The molecule has 0 saturated heterocycles. The first-order valence-corrected chi connectivity index (χ1v) is 11.9. The number of benzene rings is 3. The van der Waals surface area contributed by atoms with Crippen molar-refractivity contribution in [3.8, 4) is 28.1 Å². The fourth-order valence-electron chi connectivity index (χ4n) is 3.55. The van der Waals surface area contributed by atoms with E-state index in [1.54, 1.807) is 18.5 Å². The Bertz CT molecular complexity index is 1450. The molecule has 0 saturated carbocycles. The van der Waals surface area contributed by atoms with Crippen molar-refractivity contribution in [2.24, 2.45) is 0 Å². The van der Waals surface area contributed by atoms with Crippen molar-refractivity contribution in [3.63, 3.8) is 0 Å². The van der Waals surface area contributed by atoms with Crippen LogP contribution in [0.5, 0.6) is 5.75 Å². The van der Waals surface area contributed by atoms with Crippen molar-refractivity contribution in [2.75, 3.05) is 10.6 Å². The van der Waals surface area contributed by atoms with Gasteiger partial charge in [-0.25, -0.2) is 9.78 Å². The Morgan fingerprint density at radius 1 is 0.886 bits per heavy atom. The number of ether oxygens (including phenoxy) is 1. The second-order valence-electron chi connectivity index (χ2n) is 7.84. The number of nitrogens with zero attached hydrogens (tertiary/aromatic N) is 2. The summed E-state index contributed by atoms with van der Waals surface area (Å²) in [6.07, 6.45) is 2.97. The van der Waals surface area contributed by atoms with Crippen LogP contribution in [0, 0.1) is 6.92 Å². The van der Waals surface area contributed by atoms with Gasteiger partial charge < -0.3 is 10.1 Å². The monoisotopic (exact) mass is 478 g/mol. The molecule has 172 valence electrons. The van der Waals surface area contributed by atoms with Crippen molar-refractivity contribution in [3.05, 3.63) is 108 Å². The zero-order chi connectivity index (χ0) is 24.0. The van der Waals surface area contributed by atoms with E-state index in [4.69, 9.17) is 4.74 Å². The Labute approximate surface area is 207 Å². The molecule has 7 heteroatoms. The maximum atomic E-state index is 12.6. The number of rotatable bonds is 6. The van der Waals surface area contributed by atoms with Crippen LogP contribution in [0.2, 0.25) is 0 Å². The number of anilines is 3. The number of carbonyl (C=O) groups is 1. The van der Waals surface area contributed by atoms with Gasteiger partial charge in [0, 0.05) is 34.7 Å². The summed E-state index contributed by atoms with van der Waals surface area (Å²) in [6.45, 7) is 2.00. The van der Waals surface area contributed by atoms with Crippen LogP contribution in [0.15, 0.2) is 103 Å². The fraction of sp³-hybridized carbons (Fsp3) is 0.0357. The minimum Gasteiger partial charge on any atom is -0.410 e. The van der Waals surface area contributed by atoms with Gasteiger partial charge in [-0.1, -0.05) is 48.5 Å². The minimum atomic E-state index is -0.557. The summed E-state index contributed by atoms with van der Waals surface area (Å²) in [7, 11) is 0. The molecule has 0 radical (unpaired) electrons. The number of hydrogen-bond donors (Lipinski definition) is 2. The van der Waals surface area contributed by atoms with Gasteiger partial charge in [0.15, 0.2) is 5.13 Å². The highest BCUT2D eigenvalue weighted by Gasteiger charge is 2.10. The van der Waals surface area contributed by atoms with E-state index >= 15 is 0 Å². The van der Waals surface area contributed by atoms with Gasteiger partial charge in [0.25, 0.3) is 0 Å². The van der Waals surface area contributed by atoms with Gasteiger partial charge in [-0.05, 0) is 60.0 Å². The molecule has 2 heterocycles. The number of amides is 1. The molecule has 0 fully saturated rings. The Morgan fingerprint density at radius 2 is 1.71 bits per heavy atom. The van der Waals surface area contributed by atoms with Crippen LogP contribution in [-0.4, -0.2) is 16.1 Å². The summed E-state index contributed by atoms with van der Waals surface area (Å²) < 4.78 is 5.53. The standard InChI is InChI=1S/C28H22N4O2S/c1-19-12-13-23(16-25(19)31-27-32-26(18-35-27)22-10-6-14-29-17-22)30-28(33)34-24-11-5-9-21(15-24)20-7-3-2-4-8-20/h2-18H,1H3,(H,30,33)(H,31,32). The average Bonchev–Trinajstić information content (AvgIpc) is 3.36. The molecule has 35 heavy (non-hydrogen) atoms. The van der Waals surface area contributed by atoms with Crippen LogP contribution in [0.25, 0.3) is 22.4 Å². The second-order valence-corrected chi connectivity index (χ2v) is 8.70. The van der Waals surface area contributed by atoms with Gasteiger partial charge in [-0.15, -0.1) is 11.3 Å². The van der Waals surface area contributed by atoms with Crippen LogP contribution < -0.4 is 15.4 Å². The SMILES string of the molecule is Cc1ccc(NC(=O)Oc2cccc(-c3ccccc3)c2)cc1Nc1nc(-c2cccnc2)cs1. The number of nitrogens with one attached hydrogen (secondary N) is 2. The smallest absolute Gasteiger partial charge is 0.410 e. The molecular formula is C28H22N4O2S. The molecule has 5 aromatic rings. The molecule has 0 aliphatic carbocycles. The first-order valence-electron chi connectivity index (χ1n) is 11.0. The first kappa shape index (κ1) is 22.3. The lowest BCUT2D eigenvalue weighted by Gasteiger charge is -2.11. The number of carbonyl (C=O) groups excluding carboxylic acids is 1. The summed E-state index contributed by atoms with van der Waals surface area (Å²) in [4.78, 5) is 21.4. The van der Waals surface area contributed by atoms with E-state index in [1.807, 2.05) is 91.2 Å². The highest BCUT2D eigenvalue weighted by atomic mass is 32.1. The molecule has 0 bridgehead atoms. The van der Waals surface area contributed by atoms with Crippen LogP contribution in [0.1, 0.15) is 5.56 Å². The van der Waals surface area contributed by atoms with E-state index < -0.39 is 6.09 Å². The van der Waals surface area contributed by atoms with Crippen LogP contribution in [-0.2, 0) is 0 Å². The fourth-order valence-corrected chi connectivity index (χ4v) is 4.28. The van der Waals surface area contributed by atoms with Crippen LogP contribution in [0.4, 0.5) is 21.3 Å². The zero-order valence-corrected chi connectivity index (χ0v) is 19.8. The Morgan fingerprint density at radius 3 is 2.54 bits per heavy atom. The van der Waals surface area contributed by atoms with E-state index in [1.165, 1.54) is 11.3 Å². The summed E-state index contributed by atoms with van der Waals surface area (Å²) in [5.74, 6) is 0.472. The summed E-state index contributed by atoms with van der Waals surface area (Å²) in [5, 5.41) is 8.89. The average molecular weight is 479 g/mol. The lowest BCUT2D eigenvalue weighted by Crippen LogP contribution is -2.16. The third-order valence-electron chi connectivity index (χ3n) is 5.34. The molecule has 5 rings (SSSR count). The molecule has 2 N–H and O–H groups in total. The molecule has 0 aliphatic heterocycles. The normalized spacial score (nSPS) is 10.5. The number of thiazole rings is 1. The van der Waals surface area contributed by atoms with Crippen LogP contribution >= 0.6 is 11.3 Å². The van der Waals surface area contributed by atoms with Gasteiger partial charge in [-0.2, -0.15) is 0 Å². The number of aromatic nitrogens is 2. The summed E-state index contributed by atoms with van der Waals surface area (Å²) >= 11 is 1.51. The predicted molar refractivity (Wildman–Crippen MR) is 141 cm³/mol. The molecular weight excluding hydrogens is 456 g/mol. The predicted octanol–water partition coefficient (Wildman–Crippen LogP) is 7.54. The highest BCUT2D eigenvalue weighted by molar-refractivity contribution is 7.14. The summed E-state index contributed by atoms with van der Waals surface area (Å²) in [6, 6.07) is 26.9. The molecule has 0 aliphatic rings. The van der Waals surface area contributed by atoms with Crippen molar-refractivity contribution in [2.45, 2.75) is 6.92 Å². The maximum absolute atomic E-state index is 12.6. The second kappa shape index (κ2) is 10.2. The minimum absolute atomic E-state index is 0.472. The largest absolute Gasteiger partial charge is 0.417 e. The van der Waals surface area contributed by atoms with Crippen molar-refractivity contribution in [1.29, 1.82) is 0 Å². The summed E-state index contributed by atoms with van der Waals surface area (Å²) in [5.41, 5.74) is 6.35. The number of hydrogen-bond acceptors (Lipinski definition) is 6. The van der Waals surface area contributed by atoms with Gasteiger partial charge in [-0.3, -0.25) is 10.3 Å². The van der Waals surface area contributed by atoms with E-state index in [9.17, 15) is 4.79 Å². The highest BCUT2D eigenvalue weighted by Crippen LogP contribution is 2.30. The maximum Gasteiger partial charge on any atom is 0.417 e. The van der Waals surface area contributed by atoms with E-state index in [2.05, 4.69) is 20.6 Å². The molecule has 2 aromatic heterocycles. The van der Waals surface area contributed by atoms with E-state index in [-0.39, 0.29) is 0 Å². The Hall–Kier alpha value is -4.49. The molecule has 0 unspecified atom stereocenters. The van der Waals surface area contributed by atoms with Crippen LogP contribution in [0.3, 0.4) is 0 Å². The number of pyridine rings is 1. The third-order valence-corrected chi connectivity index (χ3v) is 6.10. The van der Waals surface area contributed by atoms with Crippen molar-refractivity contribution < 1.29 is 9.53 Å². The lowest BCUT2D eigenvalue weighted by molar-refractivity contribution is 0.215. The third kappa shape index (κ3) is 5.54. The molecule has 1 amide bonds. The van der Waals surface area contributed by atoms with Gasteiger partial charge in [0.1, 0.15) is 5.75 Å². The van der Waals surface area contributed by atoms with Gasteiger partial charge >= 0.3 is 6.09 Å². The van der Waals surface area contributed by atoms with Gasteiger partial charge in [0.2, 0.25) is 0 Å². The lowest BCUT2D eigenvalue weighted by atomic mass is 10.1. The Balaban J connectivity index is 1.26. The first-order chi connectivity index (χ1) is 17.1. The van der Waals surface area contributed by atoms with E-state index in [0.29, 0.717) is 11.4 Å². The number of aryl methyl sites for hydroxylation is 1. The molecule has 3 aromatic carbocycles. The molecule has 6 nitrogen and oxygen atoms in total.